The van der Waals surface area contributed by atoms with Crippen molar-refractivity contribution >= 4 is 11.4 Å². The summed E-state index contributed by atoms with van der Waals surface area (Å²) in [6, 6.07) is 7.59. The maximum absolute atomic E-state index is 8.81. The van der Waals surface area contributed by atoms with Gasteiger partial charge in [0.2, 0.25) is 0 Å². The van der Waals surface area contributed by atoms with Gasteiger partial charge in [-0.1, -0.05) is 0 Å². The van der Waals surface area contributed by atoms with Crippen molar-refractivity contribution in [3.63, 3.8) is 0 Å². The van der Waals surface area contributed by atoms with Crippen LogP contribution in [-0.2, 0) is 0 Å². The minimum absolute atomic E-state index is 0.624. The monoisotopic (exact) mass is 241 g/mol. The van der Waals surface area contributed by atoms with Crippen LogP contribution in [0.5, 0.6) is 0 Å². The van der Waals surface area contributed by atoms with E-state index in [2.05, 4.69) is 11.4 Å². The summed E-state index contributed by atoms with van der Waals surface area (Å²) in [4.78, 5) is 0. The molecule has 0 spiro atoms. The van der Waals surface area contributed by atoms with Crippen LogP contribution < -0.4 is 11.1 Å². The molecule has 0 heterocycles. The van der Waals surface area contributed by atoms with Crippen LogP contribution in [0.15, 0.2) is 18.2 Å². The van der Waals surface area contributed by atoms with Gasteiger partial charge in [0, 0.05) is 6.54 Å². The normalized spacial score (nSPS) is 18.7. The third-order valence-corrected chi connectivity index (χ3v) is 4.16. The molecule has 2 aliphatic carbocycles. The fraction of sp³-hybridized carbons (Fsp3) is 0.533. The Morgan fingerprint density at radius 3 is 2.44 bits per heavy atom. The first-order valence-corrected chi connectivity index (χ1v) is 6.81. The van der Waals surface area contributed by atoms with Crippen molar-refractivity contribution in [3.8, 4) is 6.07 Å². The van der Waals surface area contributed by atoms with E-state index < -0.39 is 0 Å². The van der Waals surface area contributed by atoms with Crippen molar-refractivity contribution in [2.24, 2.45) is 17.8 Å². The lowest BCUT2D eigenvalue weighted by Crippen LogP contribution is -2.18. The third-order valence-electron chi connectivity index (χ3n) is 4.16. The van der Waals surface area contributed by atoms with Crippen LogP contribution in [0.3, 0.4) is 0 Å². The van der Waals surface area contributed by atoms with Crippen molar-refractivity contribution in [2.75, 3.05) is 17.6 Å². The zero-order valence-corrected chi connectivity index (χ0v) is 10.5. The van der Waals surface area contributed by atoms with E-state index in [1.807, 2.05) is 12.1 Å². The van der Waals surface area contributed by atoms with Crippen LogP contribution in [0.1, 0.15) is 31.2 Å². The van der Waals surface area contributed by atoms with E-state index in [-0.39, 0.29) is 0 Å². The summed E-state index contributed by atoms with van der Waals surface area (Å²) in [5.41, 5.74) is 8.23. The maximum atomic E-state index is 8.81. The lowest BCUT2D eigenvalue weighted by molar-refractivity contribution is 0.428. The number of nitrogens with zero attached hydrogens (tertiary/aromatic N) is 1. The highest BCUT2D eigenvalue weighted by atomic mass is 14.9. The molecule has 18 heavy (non-hydrogen) atoms. The van der Waals surface area contributed by atoms with Crippen molar-refractivity contribution < 1.29 is 0 Å². The van der Waals surface area contributed by atoms with E-state index in [1.54, 1.807) is 6.07 Å². The molecule has 1 aromatic carbocycles. The van der Waals surface area contributed by atoms with Gasteiger partial charge in [-0.2, -0.15) is 5.26 Å². The molecule has 1 aromatic rings. The molecule has 2 fully saturated rings. The highest BCUT2D eigenvalue weighted by Crippen LogP contribution is 2.49. The Hall–Kier alpha value is -1.69. The van der Waals surface area contributed by atoms with Gasteiger partial charge in [-0.05, 0) is 61.6 Å². The Morgan fingerprint density at radius 2 is 1.94 bits per heavy atom. The van der Waals surface area contributed by atoms with Gasteiger partial charge < -0.3 is 11.1 Å². The summed E-state index contributed by atoms with van der Waals surface area (Å²) >= 11 is 0. The van der Waals surface area contributed by atoms with Gasteiger partial charge in [-0.15, -0.1) is 0 Å². The number of nitrogen functional groups attached to an aromatic ring is 1. The quantitative estimate of drug-likeness (QED) is 0.779. The minimum atomic E-state index is 0.624. The summed E-state index contributed by atoms with van der Waals surface area (Å²) in [5.74, 6) is 2.73. The van der Waals surface area contributed by atoms with Crippen LogP contribution in [-0.4, -0.2) is 6.54 Å². The summed E-state index contributed by atoms with van der Waals surface area (Å²) in [7, 11) is 0. The zero-order chi connectivity index (χ0) is 12.5. The number of rotatable bonds is 5. The number of benzene rings is 1. The van der Waals surface area contributed by atoms with Crippen molar-refractivity contribution in [1.82, 2.24) is 0 Å². The molecule has 0 radical (unpaired) electrons. The first-order valence-electron chi connectivity index (χ1n) is 6.81. The van der Waals surface area contributed by atoms with Crippen LogP contribution in [0.2, 0.25) is 0 Å². The molecule has 3 rings (SSSR count). The van der Waals surface area contributed by atoms with E-state index in [9.17, 15) is 0 Å². The van der Waals surface area contributed by atoms with Crippen LogP contribution in [0, 0.1) is 29.1 Å². The molecule has 0 aromatic heterocycles. The molecular formula is C15H19N3. The van der Waals surface area contributed by atoms with E-state index in [0.717, 1.165) is 30.0 Å². The third kappa shape index (κ3) is 2.43. The van der Waals surface area contributed by atoms with Gasteiger partial charge in [0.05, 0.1) is 23.0 Å². The highest BCUT2D eigenvalue weighted by molar-refractivity contribution is 5.68. The maximum Gasteiger partial charge on any atom is 0.0992 e. The molecule has 2 saturated carbocycles. The van der Waals surface area contributed by atoms with Gasteiger partial charge in [0.1, 0.15) is 0 Å². The molecule has 3 N–H and O–H groups in total. The number of nitrogens with one attached hydrogen (secondary N) is 1. The largest absolute Gasteiger partial charge is 0.397 e. The Balaban J connectivity index is 1.63. The molecule has 2 aliphatic rings. The second-order valence-electron chi connectivity index (χ2n) is 5.63. The van der Waals surface area contributed by atoms with E-state index in [4.69, 9.17) is 11.0 Å². The molecule has 94 valence electrons. The van der Waals surface area contributed by atoms with Crippen LogP contribution in [0.25, 0.3) is 0 Å². The highest BCUT2D eigenvalue weighted by Gasteiger charge is 2.40. The van der Waals surface area contributed by atoms with E-state index in [0.29, 0.717) is 11.3 Å². The second kappa shape index (κ2) is 4.53. The fourth-order valence-corrected chi connectivity index (χ4v) is 2.79. The number of nitrogens with two attached hydrogens (primary N) is 1. The zero-order valence-electron chi connectivity index (χ0n) is 10.5. The molecule has 0 atom stereocenters. The van der Waals surface area contributed by atoms with Gasteiger partial charge in [-0.3, -0.25) is 0 Å². The van der Waals surface area contributed by atoms with Gasteiger partial charge >= 0.3 is 0 Å². The molecular weight excluding hydrogens is 222 g/mol. The number of nitriles is 1. The number of hydrogen-bond donors (Lipinski definition) is 2. The molecule has 3 heteroatoms. The minimum Gasteiger partial charge on any atom is -0.397 e. The first-order chi connectivity index (χ1) is 8.78. The SMILES string of the molecule is N#Cc1ccc(NCC(C2CC2)C2CC2)c(N)c1. The lowest BCUT2D eigenvalue weighted by Gasteiger charge is -2.18. The lowest BCUT2D eigenvalue weighted by atomic mass is 9.98. The van der Waals surface area contributed by atoms with E-state index in [1.165, 1.54) is 25.7 Å². The number of anilines is 2. The average Bonchev–Trinajstić information content (AvgIpc) is 3.25. The standard InChI is InChI=1S/C15H19N3/c16-8-10-1-6-15(14(17)7-10)18-9-13(11-2-3-11)12-4-5-12/h1,6-7,11-13,18H,2-5,9,17H2. The van der Waals surface area contributed by atoms with Crippen molar-refractivity contribution in [1.29, 1.82) is 5.26 Å². The summed E-state index contributed by atoms with van der Waals surface area (Å²) < 4.78 is 0. The Bertz CT molecular complexity index is 469. The van der Waals surface area contributed by atoms with Crippen LogP contribution in [0.4, 0.5) is 11.4 Å². The molecule has 0 unspecified atom stereocenters. The van der Waals surface area contributed by atoms with Gasteiger partial charge in [0.25, 0.3) is 0 Å². The smallest absolute Gasteiger partial charge is 0.0992 e. The van der Waals surface area contributed by atoms with Crippen molar-refractivity contribution in [3.05, 3.63) is 23.8 Å². The Morgan fingerprint density at radius 1 is 1.28 bits per heavy atom. The van der Waals surface area contributed by atoms with E-state index >= 15 is 0 Å². The fourth-order valence-electron chi connectivity index (χ4n) is 2.79. The van der Waals surface area contributed by atoms with Crippen LogP contribution >= 0.6 is 0 Å². The molecule has 0 amide bonds. The Labute approximate surface area is 108 Å². The number of hydrogen-bond acceptors (Lipinski definition) is 3. The van der Waals surface area contributed by atoms with Gasteiger partial charge in [0.15, 0.2) is 0 Å². The Kier molecular flexibility index (Phi) is 2.87. The molecule has 0 bridgehead atoms. The second-order valence-corrected chi connectivity index (χ2v) is 5.63. The summed E-state index contributed by atoms with van der Waals surface area (Å²) in [6.45, 7) is 1.03. The predicted octanol–water partition coefficient (Wildman–Crippen LogP) is 2.99. The topological polar surface area (TPSA) is 61.8 Å². The molecule has 3 nitrogen and oxygen atoms in total. The van der Waals surface area contributed by atoms with Crippen molar-refractivity contribution in [2.45, 2.75) is 25.7 Å². The summed E-state index contributed by atoms with van der Waals surface area (Å²) in [5, 5.41) is 12.3. The first kappa shape index (κ1) is 11.4. The van der Waals surface area contributed by atoms with Gasteiger partial charge in [-0.25, -0.2) is 0 Å². The summed E-state index contributed by atoms with van der Waals surface area (Å²) in [6.07, 6.45) is 5.63. The predicted molar refractivity (Wildman–Crippen MR) is 73.0 cm³/mol. The molecule has 0 saturated heterocycles. The average molecular weight is 241 g/mol. The molecule has 0 aliphatic heterocycles.